The minimum atomic E-state index is -0.992. The highest BCUT2D eigenvalue weighted by molar-refractivity contribution is 5.88. The molecule has 2 aromatic rings. The monoisotopic (exact) mass is 234 g/mol. The van der Waals surface area contributed by atoms with Gasteiger partial charge >= 0.3 is 5.97 Å². The van der Waals surface area contributed by atoms with Gasteiger partial charge in [0.15, 0.2) is 17.2 Å². The first-order valence-electron chi connectivity index (χ1n) is 5.24. The lowest BCUT2D eigenvalue weighted by Crippen LogP contribution is -2.04. The third-order valence-electron chi connectivity index (χ3n) is 2.73. The third-order valence-corrected chi connectivity index (χ3v) is 2.73. The largest absolute Gasteiger partial charge is 0.477 e. The fourth-order valence-electron chi connectivity index (χ4n) is 1.95. The minimum absolute atomic E-state index is 0.158. The number of pyridine rings is 1. The van der Waals surface area contributed by atoms with Crippen LogP contribution in [-0.4, -0.2) is 27.3 Å². The maximum Gasteiger partial charge on any atom is 0.354 e. The normalized spacial score (nSPS) is 13.2. The van der Waals surface area contributed by atoms with E-state index < -0.39 is 5.97 Å². The Kier molecular flexibility index (Phi) is 1.98. The van der Waals surface area contributed by atoms with E-state index in [2.05, 4.69) is 4.98 Å². The number of ether oxygens (including phenoxy) is 2. The average Bonchev–Trinajstić information content (AvgIpc) is 2.87. The van der Waals surface area contributed by atoms with Crippen LogP contribution in [0.4, 0.5) is 0 Å². The molecule has 0 fully saturated rings. The van der Waals surface area contributed by atoms with Crippen LogP contribution in [0.25, 0.3) is 5.65 Å². The number of carboxylic acid groups (broad SMARTS) is 1. The molecule has 17 heavy (non-hydrogen) atoms. The first kappa shape index (κ1) is 9.95. The van der Waals surface area contributed by atoms with Crippen LogP contribution in [0.15, 0.2) is 12.3 Å². The summed E-state index contributed by atoms with van der Waals surface area (Å²) in [7, 11) is 0. The molecule has 0 amide bonds. The number of carbonyl (C=O) groups is 1. The molecular formula is C11H10N2O4. The number of hydrogen-bond acceptors (Lipinski definition) is 4. The molecule has 3 rings (SSSR count). The molecule has 1 N–H and O–H groups in total. The molecule has 0 saturated heterocycles. The molecule has 3 heterocycles. The molecule has 6 heteroatoms. The quantitative estimate of drug-likeness (QED) is 0.848. The van der Waals surface area contributed by atoms with E-state index in [4.69, 9.17) is 9.47 Å². The summed E-state index contributed by atoms with van der Waals surface area (Å²) in [6.45, 7) is 2.03. The number of aromatic carboxylic acids is 1. The van der Waals surface area contributed by atoms with Crippen LogP contribution in [0.5, 0.6) is 11.5 Å². The lowest BCUT2D eigenvalue weighted by molar-refractivity contribution is 0.0688. The van der Waals surface area contributed by atoms with E-state index in [1.807, 2.05) is 6.92 Å². The first-order valence-corrected chi connectivity index (χ1v) is 5.24. The van der Waals surface area contributed by atoms with Crippen LogP contribution in [0.3, 0.4) is 0 Å². The van der Waals surface area contributed by atoms with Crippen LogP contribution >= 0.6 is 0 Å². The Bertz CT molecular complexity index is 617. The van der Waals surface area contributed by atoms with E-state index in [1.165, 1.54) is 4.40 Å². The first-order chi connectivity index (χ1) is 8.20. The summed E-state index contributed by atoms with van der Waals surface area (Å²) in [5, 5.41) is 9.20. The molecule has 0 spiro atoms. The number of hydrogen-bond donors (Lipinski definition) is 1. The summed E-state index contributed by atoms with van der Waals surface area (Å²) in [5.41, 5.74) is 1.30. The molecule has 0 aromatic carbocycles. The van der Waals surface area contributed by atoms with Gasteiger partial charge in [-0.3, -0.25) is 4.40 Å². The van der Waals surface area contributed by atoms with Gasteiger partial charge in [-0.1, -0.05) is 6.92 Å². The summed E-state index contributed by atoms with van der Waals surface area (Å²) < 4.78 is 12.0. The number of aromatic nitrogens is 2. The topological polar surface area (TPSA) is 73.1 Å². The van der Waals surface area contributed by atoms with Crippen LogP contribution in [0, 0.1) is 0 Å². The summed E-state index contributed by atoms with van der Waals surface area (Å²) in [6.07, 6.45) is 2.17. The summed E-state index contributed by atoms with van der Waals surface area (Å²) in [6, 6.07) is 1.69. The van der Waals surface area contributed by atoms with Crippen molar-refractivity contribution in [3.63, 3.8) is 0 Å². The van der Waals surface area contributed by atoms with Crippen LogP contribution in [0.2, 0.25) is 0 Å². The van der Waals surface area contributed by atoms with Gasteiger partial charge in [-0.05, 0) is 6.42 Å². The van der Waals surface area contributed by atoms with Crippen molar-refractivity contribution in [3.05, 3.63) is 23.7 Å². The molecular weight excluding hydrogens is 224 g/mol. The fourth-order valence-corrected chi connectivity index (χ4v) is 1.95. The van der Waals surface area contributed by atoms with Gasteiger partial charge in [0.2, 0.25) is 6.79 Å². The lowest BCUT2D eigenvalue weighted by atomic mass is 10.2. The summed E-state index contributed by atoms with van der Waals surface area (Å²) >= 11 is 0. The van der Waals surface area contributed by atoms with E-state index >= 15 is 0 Å². The van der Waals surface area contributed by atoms with Crippen molar-refractivity contribution in [3.8, 4) is 11.5 Å². The van der Waals surface area contributed by atoms with Crippen LogP contribution in [-0.2, 0) is 6.42 Å². The highest BCUT2D eigenvalue weighted by Gasteiger charge is 2.21. The van der Waals surface area contributed by atoms with Gasteiger partial charge in [0, 0.05) is 6.07 Å². The van der Waals surface area contributed by atoms with Gasteiger partial charge in [-0.15, -0.1) is 0 Å². The predicted octanol–water partition coefficient (Wildman–Crippen LogP) is 1.32. The van der Waals surface area contributed by atoms with Crippen molar-refractivity contribution in [2.45, 2.75) is 13.3 Å². The second-order valence-corrected chi connectivity index (χ2v) is 3.70. The van der Waals surface area contributed by atoms with Crippen molar-refractivity contribution < 1.29 is 19.4 Å². The van der Waals surface area contributed by atoms with Gasteiger partial charge in [-0.2, -0.15) is 0 Å². The number of rotatable bonds is 2. The van der Waals surface area contributed by atoms with Gasteiger partial charge in [0.1, 0.15) is 5.65 Å². The van der Waals surface area contributed by atoms with Crippen LogP contribution in [0.1, 0.15) is 23.1 Å². The van der Waals surface area contributed by atoms with Gasteiger partial charge < -0.3 is 14.6 Å². The number of aryl methyl sites for hydroxylation is 1. The number of nitrogens with zero attached hydrogens (tertiary/aromatic N) is 2. The molecule has 0 bridgehead atoms. The molecule has 88 valence electrons. The maximum absolute atomic E-state index is 11.2. The zero-order chi connectivity index (χ0) is 12.0. The van der Waals surface area contributed by atoms with E-state index in [0.717, 1.165) is 0 Å². The molecule has 1 aliphatic rings. The molecule has 0 radical (unpaired) electrons. The Labute approximate surface area is 96.4 Å². The maximum atomic E-state index is 11.2. The molecule has 0 aliphatic carbocycles. The van der Waals surface area contributed by atoms with Crippen molar-refractivity contribution in [2.75, 3.05) is 6.79 Å². The Morgan fingerprint density at radius 3 is 3.00 bits per heavy atom. The van der Waals surface area contributed by atoms with Crippen LogP contribution < -0.4 is 9.47 Å². The van der Waals surface area contributed by atoms with E-state index in [1.54, 1.807) is 12.3 Å². The third kappa shape index (κ3) is 1.33. The Hall–Kier alpha value is -2.24. The number of imidazole rings is 1. The average molecular weight is 234 g/mol. The zero-order valence-corrected chi connectivity index (χ0v) is 9.14. The standard InChI is InChI=1S/C11H10N2O4/c1-2-6-10(11(14)15)13-4-8-7(16-5-17-8)3-9(13)12-6/h3-4H,2,5H2,1H3,(H,14,15). The van der Waals surface area contributed by atoms with Crippen molar-refractivity contribution >= 4 is 11.6 Å². The zero-order valence-electron chi connectivity index (χ0n) is 9.14. The second-order valence-electron chi connectivity index (χ2n) is 3.70. The summed E-state index contributed by atoms with van der Waals surface area (Å²) in [5.74, 6) is 0.148. The molecule has 6 nitrogen and oxygen atoms in total. The molecule has 2 aromatic heterocycles. The minimum Gasteiger partial charge on any atom is -0.477 e. The lowest BCUT2D eigenvalue weighted by Gasteiger charge is -2.00. The second kappa shape index (κ2) is 3.38. The fraction of sp³-hybridized carbons (Fsp3) is 0.273. The molecule has 0 saturated carbocycles. The highest BCUT2D eigenvalue weighted by atomic mass is 16.7. The SMILES string of the molecule is CCc1nc2cc3c(cn2c1C(=O)O)OCO3. The molecule has 1 aliphatic heterocycles. The number of carboxylic acids is 1. The van der Waals surface area contributed by atoms with Gasteiger partial charge in [-0.25, -0.2) is 9.78 Å². The Morgan fingerprint density at radius 1 is 1.53 bits per heavy atom. The van der Waals surface area contributed by atoms with Gasteiger partial charge in [0.25, 0.3) is 0 Å². The van der Waals surface area contributed by atoms with Gasteiger partial charge in [0.05, 0.1) is 11.9 Å². The Morgan fingerprint density at radius 2 is 2.29 bits per heavy atom. The molecule has 0 atom stereocenters. The van der Waals surface area contributed by atoms with Crippen molar-refractivity contribution in [2.24, 2.45) is 0 Å². The number of fused-ring (bicyclic) bond motifs is 2. The van der Waals surface area contributed by atoms with Crippen molar-refractivity contribution in [1.29, 1.82) is 0 Å². The predicted molar refractivity (Wildman–Crippen MR) is 57.7 cm³/mol. The summed E-state index contributed by atoms with van der Waals surface area (Å²) in [4.78, 5) is 15.5. The molecule has 0 unspecified atom stereocenters. The highest BCUT2D eigenvalue weighted by Crippen LogP contribution is 2.33. The van der Waals surface area contributed by atoms with E-state index in [-0.39, 0.29) is 12.5 Å². The van der Waals surface area contributed by atoms with E-state index in [9.17, 15) is 9.90 Å². The van der Waals surface area contributed by atoms with E-state index in [0.29, 0.717) is 29.3 Å². The Balaban J connectivity index is 2.33. The van der Waals surface area contributed by atoms with Crippen molar-refractivity contribution in [1.82, 2.24) is 9.38 Å². The smallest absolute Gasteiger partial charge is 0.354 e.